The van der Waals surface area contributed by atoms with Crippen molar-refractivity contribution in [3.63, 3.8) is 0 Å². The average Bonchev–Trinajstić information content (AvgIpc) is 3.22. The lowest BCUT2D eigenvalue weighted by molar-refractivity contribution is 0.680. The summed E-state index contributed by atoms with van der Waals surface area (Å²) in [4.78, 5) is 19.8. The lowest BCUT2D eigenvalue weighted by Crippen LogP contribution is -2.16. The van der Waals surface area contributed by atoms with Crippen molar-refractivity contribution < 1.29 is 0 Å². The van der Waals surface area contributed by atoms with E-state index in [2.05, 4.69) is 43.3 Å². The van der Waals surface area contributed by atoms with Gasteiger partial charge in [-0.25, -0.2) is 4.98 Å². The van der Waals surface area contributed by atoms with Crippen molar-refractivity contribution in [1.82, 2.24) is 15.3 Å². The van der Waals surface area contributed by atoms with Crippen molar-refractivity contribution in [2.24, 2.45) is 0 Å². The SMILES string of the molecule is Cc1cc(=O)[nH]c(Sc2ccc(Br)cc2CNC2CC2)n1. The zero-order chi connectivity index (χ0) is 14.8. The third-order valence-electron chi connectivity index (χ3n) is 3.24. The molecule has 21 heavy (non-hydrogen) atoms. The third-order valence-corrected chi connectivity index (χ3v) is 4.73. The molecule has 0 aliphatic heterocycles. The maximum Gasteiger partial charge on any atom is 0.251 e. The Balaban J connectivity index is 1.84. The summed E-state index contributed by atoms with van der Waals surface area (Å²) in [6.45, 7) is 2.67. The number of halogens is 1. The van der Waals surface area contributed by atoms with E-state index in [4.69, 9.17) is 0 Å². The first kappa shape index (κ1) is 14.8. The molecule has 0 saturated heterocycles. The highest BCUT2D eigenvalue weighted by Crippen LogP contribution is 2.30. The van der Waals surface area contributed by atoms with E-state index in [-0.39, 0.29) is 5.56 Å². The number of benzene rings is 1. The number of aryl methyl sites for hydroxylation is 1. The van der Waals surface area contributed by atoms with Gasteiger partial charge >= 0.3 is 0 Å². The Bertz CT molecular complexity index is 712. The Labute approximate surface area is 135 Å². The lowest BCUT2D eigenvalue weighted by atomic mass is 10.2. The van der Waals surface area contributed by atoms with E-state index in [1.165, 1.54) is 36.2 Å². The molecule has 110 valence electrons. The minimum absolute atomic E-state index is 0.111. The molecule has 0 unspecified atom stereocenters. The average molecular weight is 366 g/mol. The first-order valence-corrected chi connectivity index (χ1v) is 8.49. The summed E-state index contributed by atoms with van der Waals surface area (Å²) in [7, 11) is 0. The Morgan fingerprint density at radius 3 is 2.95 bits per heavy atom. The van der Waals surface area contributed by atoms with E-state index in [1.807, 2.05) is 13.0 Å². The van der Waals surface area contributed by atoms with Gasteiger partial charge < -0.3 is 10.3 Å². The lowest BCUT2D eigenvalue weighted by Gasteiger charge is -2.10. The molecule has 0 spiro atoms. The van der Waals surface area contributed by atoms with Crippen LogP contribution in [0.4, 0.5) is 0 Å². The number of hydrogen-bond donors (Lipinski definition) is 2. The topological polar surface area (TPSA) is 57.8 Å². The van der Waals surface area contributed by atoms with Crippen LogP contribution in [0, 0.1) is 6.92 Å². The fourth-order valence-corrected chi connectivity index (χ4v) is 3.39. The summed E-state index contributed by atoms with van der Waals surface area (Å²) >= 11 is 5.01. The molecule has 1 aliphatic carbocycles. The maximum atomic E-state index is 11.5. The standard InChI is InChI=1S/C15H16BrN3OS/c1-9-6-14(20)19-15(18-9)21-13-5-2-11(16)7-10(13)8-17-12-3-4-12/h2,5-7,12,17H,3-4,8H2,1H3,(H,18,19,20). The Kier molecular flexibility index (Phi) is 4.47. The van der Waals surface area contributed by atoms with Crippen LogP contribution in [0.25, 0.3) is 0 Å². The molecular weight excluding hydrogens is 350 g/mol. The van der Waals surface area contributed by atoms with Crippen LogP contribution in [-0.2, 0) is 6.54 Å². The van der Waals surface area contributed by atoms with Crippen molar-refractivity contribution >= 4 is 27.7 Å². The van der Waals surface area contributed by atoms with E-state index in [0.717, 1.165) is 21.6 Å². The Morgan fingerprint density at radius 2 is 2.24 bits per heavy atom. The zero-order valence-electron chi connectivity index (χ0n) is 11.6. The largest absolute Gasteiger partial charge is 0.310 e. The van der Waals surface area contributed by atoms with Gasteiger partial charge in [-0.05, 0) is 43.5 Å². The molecule has 2 N–H and O–H groups in total. The molecule has 1 aromatic carbocycles. The minimum atomic E-state index is -0.111. The number of nitrogens with one attached hydrogen (secondary N) is 2. The van der Waals surface area contributed by atoms with Gasteiger partial charge in [-0.3, -0.25) is 4.79 Å². The van der Waals surface area contributed by atoms with E-state index < -0.39 is 0 Å². The van der Waals surface area contributed by atoms with Gasteiger partial charge in [0, 0.05) is 33.7 Å². The molecule has 0 radical (unpaired) electrons. The van der Waals surface area contributed by atoms with Gasteiger partial charge in [0.15, 0.2) is 5.16 Å². The zero-order valence-corrected chi connectivity index (χ0v) is 14.1. The first-order valence-electron chi connectivity index (χ1n) is 6.88. The van der Waals surface area contributed by atoms with E-state index in [0.29, 0.717) is 11.2 Å². The highest BCUT2D eigenvalue weighted by molar-refractivity contribution is 9.10. The summed E-state index contributed by atoms with van der Waals surface area (Å²) in [6, 6.07) is 8.35. The highest BCUT2D eigenvalue weighted by Gasteiger charge is 2.20. The van der Waals surface area contributed by atoms with E-state index >= 15 is 0 Å². The summed E-state index contributed by atoms with van der Waals surface area (Å²) in [5, 5.41) is 4.16. The molecule has 0 bridgehead atoms. The number of rotatable bonds is 5. The number of H-pyrrole nitrogens is 1. The second-order valence-electron chi connectivity index (χ2n) is 5.20. The normalized spacial score (nSPS) is 14.4. The van der Waals surface area contributed by atoms with Crippen LogP contribution in [0.1, 0.15) is 24.1 Å². The van der Waals surface area contributed by atoms with Gasteiger partial charge in [0.25, 0.3) is 5.56 Å². The second-order valence-corrected chi connectivity index (χ2v) is 7.15. The number of aromatic amines is 1. The molecule has 1 aliphatic rings. The Hall–Kier alpha value is -1.11. The van der Waals surface area contributed by atoms with Crippen LogP contribution in [0.3, 0.4) is 0 Å². The van der Waals surface area contributed by atoms with Crippen LogP contribution >= 0.6 is 27.7 Å². The number of nitrogens with zero attached hydrogens (tertiary/aromatic N) is 1. The van der Waals surface area contributed by atoms with Crippen LogP contribution < -0.4 is 10.9 Å². The molecule has 1 saturated carbocycles. The number of hydrogen-bond acceptors (Lipinski definition) is 4. The molecular formula is C15H16BrN3OS. The molecule has 0 amide bonds. The van der Waals surface area contributed by atoms with Gasteiger partial charge in [-0.1, -0.05) is 27.7 Å². The molecule has 6 heteroatoms. The molecule has 1 heterocycles. The van der Waals surface area contributed by atoms with Gasteiger partial charge in [-0.2, -0.15) is 0 Å². The molecule has 2 aromatic rings. The van der Waals surface area contributed by atoms with Gasteiger partial charge in [0.1, 0.15) is 0 Å². The van der Waals surface area contributed by atoms with Crippen LogP contribution in [-0.4, -0.2) is 16.0 Å². The molecule has 4 nitrogen and oxygen atoms in total. The van der Waals surface area contributed by atoms with E-state index in [1.54, 1.807) is 0 Å². The monoisotopic (exact) mass is 365 g/mol. The summed E-state index contributed by atoms with van der Waals surface area (Å²) < 4.78 is 1.06. The van der Waals surface area contributed by atoms with Crippen LogP contribution in [0.15, 0.2) is 43.6 Å². The summed E-state index contributed by atoms with van der Waals surface area (Å²) in [5.74, 6) is 0. The van der Waals surface area contributed by atoms with Crippen LogP contribution in [0.2, 0.25) is 0 Å². The maximum absolute atomic E-state index is 11.5. The fourth-order valence-electron chi connectivity index (χ4n) is 2.03. The molecule has 1 fully saturated rings. The van der Waals surface area contributed by atoms with Crippen molar-refractivity contribution in [2.75, 3.05) is 0 Å². The molecule has 1 aromatic heterocycles. The van der Waals surface area contributed by atoms with Crippen molar-refractivity contribution in [3.8, 4) is 0 Å². The molecule has 0 atom stereocenters. The smallest absolute Gasteiger partial charge is 0.251 e. The number of aromatic nitrogens is 2. The van der Waals surface area contributed by atoms with E-state index in [9.17, 15) is 4.79 Å². The fraction of sp³-hybridized carbons (Fsp3) is 0.333. The summed E-state index contributed by atoms with van der Waals surface area (Å²) in [6.07, 6.45) is 2.53. The predicted octanol–water partition coefficient (Wildman–Crippen LogP) is 3.24. The first-order chi connectivity index (χ1) is 10.1. The molecule has 3 rings (SSSR count). The van der Waals surface area contributed by atoms with Crippen molar-refractivity contribution in [1.29, 1.82) is 0 Å². The summed E-state index contributed by atoms with van der Waals surface area (Å²) in [5.41, 5.74) is 1.83. The minimum Gasteiger partial charge on any atom is -0.310 e. The quantitative estimate of drug-likeness (QED) is 0.798. The Morgan fingerprint density at radius 1 is 1.43 bits per heavy atom. The second kappa shape index (κ2) is 6.34. The predicted molar refractivity (Wildman–Crippen MR) is 87.7 cm³/mol. The highest BCUT2D eigenvalue weighted by atomic mass is 79.9. The van der Waals surface area contributed by atoms with Gasteiger partial charge in [0.05, 0.1) is 0 Å². The van der Waals surface area contributed by atoms with Crippen molar-refractivity contribution in [2.45, 2.75) is 42.4 Å². The van der Waals surface area contributed by atoms with Gasteiger partial charge in [0.2, 0.25) is 0 Å². The third kappa shape index (κ3) is 4.18. The van der Waals surface area contributed by atoms with Crippen LogP contribution in [0.5, 0.6) is 0 Å². The van der Waals surface area contributed by atoms with Crippen molar-refractivity contribution in [3.05, 3.63) is 50.3 Å². The van der Waals surface area contributed by atoms with Gasteiger partial charge in [-0.15, -0.1) is 0 Å².